The van der Waals surface area contributed by atoms with Crippen molar-refractivity contribution in [3.8, 4) is 0 Å². The van der Waals surface area contributed by atoms with Gasteiger partial charge in [-0.1, -0.05) is 13.8 Å². The summed E-state index contributed by atoms with van der Waals surface area (Å²) in [6.07, 6.45) is 10.5. The van der Waals surface area contributed by atoms with Gasteiger partial charge >= 0.3 is 0 Å². The molecule has 4 rings (SSSR count). The highest BCUT2D eigenvalue weighted by Crippen LogP contribution is 2.82. The lowest BCUT2D eigenvalue weighted by Gasteiger charge is -2.57. The van der Waals surface area contributed by atoms with Crippen molar-refractivity contribution in [2.75, 3.05) is 7.05 Å². The lowest BCUT2D eigenvalue weighted by molar-refractivity contribution is -0.0853. The summed E-state index contributed by atoms with van der Waals surface area (Å²) in [5.74, 6) is 1.06. The van der Waals surface area contributed by atoms with Gasteiger partial charge < -0.3 is 5.32 Å². The van der Waals surface area contributed by atoms with Crippen LogP contribution in [0.4, 0.5) is 0 Å². The third kappa shape index (κ3) is 0.836. The average Bonchev–Trinajstić information content (AvgIpc) is 2.52. The van der Waals surface area contributed by atoms with E-state index in [9.17, 15) is 0 Å². The zero-order chi connectivity index (χ0) is 11.2. The van der Waals surface area contributed by atoms with Crippen LogP contribution >= 0.6 is 0 Å². The van der Waals surface area contributed by atoms with Gasteiger partial charge in [0.25, 0.3) is 0 Å². The van der Waals surface area contributed by atoms with E-state index in [-0.39, 0.29) is 0 Å². The molecular formula is C15H25N. The van der Waals surface area contributed by atoms with Crippen LogP contribution in [-0.2, 0) is 0 Å². The molecule has 1 nitrogen and oxygen atoms in total. The Kier molecular flexibility index (Phi) is 1.48. The Balaban J connectivity index is 1.84. The van der Waals surface area contributed by atoms with Crippen LogP contribution in [0.25, 0.3) is 0 Å². The molecule has 1 heteroatoms. The zero-order valence-corrected chi connectivity index (χ0v) is 11.0. The first-order valence-corrected chi connectivity index (χ1v) is 7.14. The van der Waals surface area contributed by atoms with E-state index < -0.39 is 0 Å². The monoisotopic (exact) mass is 219 g/mol. The quantitative estimate of drug-likeness (QED) is 0.713. The van der Waals surface area contributed by atoms with Gasteiger partial charge in [0.15, 0.2) is 0 Å². The van der Waals surface area contributed by atoms with Crippen LogP contribution in [0.3, 0.4) is 0 Å². The van der Waals surface area contributed by atoms with Gasteiger partial charge in [0.2, 0.25) is 0 Å². The van der Waals surface area contributed by atoms with E-state index in [0.717, 1.165) is 11.3 Å². The van der Waals surface area contributed by atoms with Gasteiger partial charge in [-0.3, -0.25) is 0 Å². The first-order chi connectivity index (χ1) is 7.45. The zero-order valence-electron chi connectivity index (χ0n) is 11.0. The first-order valence-electron chi connectivity index (χ1n) is 7.14. The fourth-order valence-corrected chi connectivity index (χ4v) is 6.74. The Labute approximate surface area is 99.4 Å². The molecule has 1 N–H and O–H groups in total. The number of hydrogen-bond donors (Lipinski definition) is 1. The molecule has 0 aromatic carbocycles. The number of fused-ring (bicyclic) bond motifs is 2. The fraction of sp³-hybridized carbons (Fsp3) is 1.00. The second-order valence-electron chi connectivity index (χ2n) is 8.19. The van der Waals surface area contributed by atoms with Gasteiger partial charge in [-0.25, -0.2) is 0 Å². The summed E-state index contributed by atoms with van der Waals surface area (Å²) in [5.41, 5.74) is 2.68. The summed E-state index contributed by atoms with van der Waals surface area (Å²) in [7, 11) is 2.21. The van der Waals surface area contributed by atoms with Gasteiger partial charge in [-0.05, 0) is 74.2 Å². The molecule has 4 fully saturated rings. The predicted molar refractivity (Wildman–Crippen MR) is 66.2 cm³/mol. The molecule has 5 unspecified atom stereocenters. The molecule has 4 aliphatic rings. The standard InChI is InChI=1S/C15H25N/c1-12-4-5-14(16-3)7-11-6-13(2,8-12)15(11,9-12)10-14/h11,16H,4-10H2,1-3H3. The van der Waals surface area contributed by atoms with Crippen molar-refractivity contribution in [2.24, 2.45) is 22.2 Å². The van der Waals surface area contributed by atoms with E-state index in [1.54, 1.807) is 6.42 Å². The van der Waals surface area contributed by atoms with Crippen molar-refractivity contribution < 1.29 is 0 Å². The Morgan fingerprint density at radius 1 is 1.00 bits per heavy atom. The van der Waals surface area contributed by atoms with E-state index in [1.165, 1.54) is 38.5 Å². The van der Waals surface area contributed by atoms with Crippen LogP contribution in [0.5, 0.6) is 0 Å². The number of rotatable bonds is 1. The van der Waals surface area contributed by atoms with Gasteiger partial charge in [0.05, 0.1) is 0 Å². The maximum Gasteiger partial charge on any atom is 0.0187 e. The van der Waals surface area contributed by atoms with Crippen LogP contribution in [0, 0.1) is 22.2 Å². The molecule has 0 saturated heterocycles. The number of nitrogens with one attached hydrogen (secondary N) is 1. The summed E-state index contributed by atoms with van der Waals surface area (Å²) >= 11 is 0. The largest absolute Gasteiger partial charge is 0.314 e. The number of hydrogen-bond acceptors (Lipinski definition) is 1. The molecular weight excluding hydrogens is 194 g/mol. The van der Waals surface area contributed by atoms with Crippen molar-refractivity contribution in [1.82, 2.24) is 5.32 Å². The van der Waals surface area contributed by atoms with Crippen LogP contribution in [0.1, 0.15) is 58.8 Å². The normalized spacial score (nSPS) is 66.6. The summed E-state index contributed by atoms with van der Waals surface area (Å²) in [6.45, 7) is 5.18. The molecule has 0 aromatic rings. The highest BCUT2D eigenvalue weighted by Gasteiger charge is 2.75. The van der Waals surface area contributed by atoms with Crippen LogP contribution in [0.15, 0.2) is 0 Å². The molecule has 0 amide bonds. The minimum Gasteiger partial charge on any atom is -0.314 e. The molecule has 90 valence electrons. The molecule has 4 saturated carbocycles. The van der Waals surface area contributed by atoms with E-state index in [0.29, 0.717) is 16.4 Å². The average molecular weight is 219 g/mol. The minimum absolute atomic E-state index is 0.528. The Bertz CT molecular complexity index is 364. The van der Waals surface area contributed by atoms with Crippen molar-refractivity contribution in [1.29, 1.82) is 0 Å². The Hall–Kier alpha value is -0.0400. The minimum atomic E-state index is 0.528. The highest BCUT2D eigenvalue weighted by atomic mass is 15.0. The fourth-order valence-electron chi connectivity index (χ4n) is 6.74. The van der Waals surface area contributed by atoms with Crippen molar-refractivity contribution >= 4 is 0 Å². The molecule has 0 heterocycles. The molecule has 16 heavy (non-hydrogen) atoms. The Morgan fingerprint density at radius 2 is 1.81 bits per heavy atom. The van der Waals surface area contributed by atoms with Crippen molar-refractivity contribution in [2.45, 2.75) is 64.3 Å². The maximum absolute atomic E-state index is 3.72. The van der Waals surface area contributed by atoms with E-state index in [2.05, 4.69) is 26.2 Å². The van der Waals surface area contributed by atoms with Crippen molar-refractivity contribution in [3.05, 3.63) is 0 Å². The van der Waals surface area contributed by atoms with Crippen LogP contribution in [-0.4, -0.2) is 12.6 Å². The molecule has 1 spiro atoms. The lowest BCUT2D eigenvalue weighted by atomic mass is 9.47. The topological polar surface area (TPSA) is 12.0 Å². The summed E-state index contributed by atoms with van der Waals surface area (Å²) in [4.78, 5) is 0. The lowest BCUT2D eigenvalue weighted by Crippen LogP contribution is -2.50. The molecule has 5 atom stereocenters. The van der Waals surface area contributed by atoms with E-state index in [4.69, 9.17) is 0 Å². The smallest absolute Gasteiger partial charge is 0.0187 e. The van der Waals surface area contributed by atoms with Crippen LogP contribution < -0.4 is 5.32 Å². The molecule has 4 aliphatic carbocycles. The van der Waals surface area contributed by atoms with Gasteiger partial charge in [-0.15, -0.1) is 0 Å². The molecule has 0 radical (unpaired) electrons. The maximum atomic E-state index is 3.72. The van der Waals surface area contributed by atoms with Gasteiger partial charge in [0.1, 0.15) is 0 Å². The Morgan fingerprint density at radius 3 is 2.56 bits per heavy atom. The first kappa shape index (κ1) is 9.94. The molecule has 0 aliphatic heterocycles. The highest BCUT2D eigenvalue weighted by molar-refractivity contribution is 5.26. The summed E-state index contributed by atoms with van der Waals surface area (Å²) in [6, 6.07) is 0. The van der Waals surface area contributed by atoms with Crippen molar-refractivity contribution in [3.63, 3.8) is 0 Å². The van der Waals surface area contributed by atoms with E-state index in [1.807, 2.05) is 0 Å². The van der Waals surface area contributed by atoms with Crippen LogP contribution in [0.2, 0.25) is 0 Å². The predicted octanol–water partition coefficient (Wildman–Crippen LogP) is 3.34. The second kappa shape index (κ2) is 2.39. The third-order valence-electron chi connectivity index (χ3n) is 7.27. The second-order valence-corrected chi connectivity index (χ2v) is 8.19. The van der Waals surface area contributed by atoms with Gasteiger partial charge in [0, 0.05) is 5.54 Å². The van der Waals surface area contributed by atoms with E-state index >= 15 is 0 Å². The third-order valence-corrected chi connectivity index (χ3v) is 7.27. The summed E-state index contributed by atoms with van der Waals surface area (Å²) < 4.78 is 0. The SMILES string of the molecule is CNC12CCC3(C)CC4(C)CC(C1)C4(C3)C2. The molecule has 0 aromatic heterocycles. The summed E-state index contributed by atoms with van der Waals surface area (Å²) in [5, 5.41) is 3.72. The van der Waals surface area contributed by atoms with Gasteiger partial charge in [-0.2, -0.15) is 0 Å². The molecule has 3 bridgehead atoms.